The molecule has 0 atom stereocenters. The standard InChI is InChI=1S/C12H11Br2NOS/c13-10-5-9(15)6-11(14)12(10)16-3-1-8-2-4-17-7-8/h2,4-7H,1,3,15H2. The van der Waals surface area contributed by atoms with Gasteiger partial charge in [0.25, 0.3) is 0 Å². The molecule has 5 heteroatoms. The van der Waals surface area contributed by atoms with Gasteiger partial charge in [-0.1, -0.05) is 0 Å². The summed E-state index contributed by atoms with van der Waals surface area (Å²) < 4.78 is 7.49. The smallest absolute Gasteiger partial charge is 0.147 e. The fourth-order valence-electron chi connectivity index (χ4n) is 1.42. The number of hydrogen-bond donors (Lipinski definition) is 1. The molecule has 0 saturated heterocycles. The molecule has 0 saturated carbocycles. The maximum atomic E-state index is 5.75. The van der Waals surface area contributed by atoms with E-state index in [1.54, 1.807) is 11.3 Å². The van der Waals surface area contributed by atoms with Crippen molar-refractivity contribution in [3.63, 3.8) is 0 Å². The zero-order valence-electron chi connectivity index (χ0n) is 8.95. The highest BCUT2D eigenvalue weighted by molar-refractivity contribution is 9.11. The normalized spacial score (nSPS) is 10.5. The van der Waals surface area contributed by atoms with Crippen molar-refractivity contribution in [1.82, 2.24) is 0 Å². The molecule has 0 aliphatic carbocycles. The first-order valence-electron chi connectivity index (χ1n) is 5.05. The number of hydrogen-bond acceptors (Lipinski definition) is 3. The third kappa shape index (κ3) is 3.47. The van der Waals surface area contributed by atoms with Crippen molar-refractivity contribution < 1.29 is 4.74 Å². The summed E-state index contributed by atoms with van der Waals surface area (Å²) in [4.78, 5) is 0. The molecule has 0 aliphatic heterocycles. The molecular weight excluding hydrogens is 366 g/mol. The lowest BCUT2D eigenvalue weighted by molar-refractivity contribution is 0.318. The second-order valence-electron chi connectivity index (χ2n) is 3.54. The Morgan fingerprint density at radius 2 is 1.94 bits per heavy atom. The SMILES string of the molecule is Nc1cc(Br)c(OCCc2ccsc2)c(Br)c1. The number of nitrogen functional groups attached to an aromatic ring is 1. The number of ether oxygens (including phenoxy) is 1. The molecule has 2 N–H and O–H groups in total. The average molecular weight is 377 g/mol. The van der Waals surface area contributed by atoms with Crippen molar-refractivity contribution in [2.75, 3.05) is 12.3 Å². The van der Waals surface area contributed by atoms with E-state index in [0.717, 1.165) is 21.1 Å². The van der Waals surface area contributed by atoms with Crippen molar-refractivity contribution in [2.45, 2.75) is 6.42 Å². The third-order valence-corrected chi connectivity index (χ3v) is 4.15. The molecule has 17 heavy (non-hydrogen) atoms. The van der Waals surface area contributed by atoms with Crippen LogP contribution in [-0.2, 0) is 6.42 Å². The van der Waals surface area contributed by atoms with Gasteiger partial charge in [-0.3, -0.25) is 0 Å². The summed E-state index contributed by atoms with van der Waals surface area (Å²) in [5.41, 5.74) is 7.73. The Morgan fingerprint density at radius 3 is 2.53 bits per heavy atom. The Kier molecular flexibility index (Phi) is 4.48. The molecule has 0 spiro atoms. The van der Waals surface area contributed by atoms with Gasteiger partial charge < -0.3 is 10.5 Å². The van der Waals surface area contributed by atoms with E-state index >= 15 is 0 Å². The van der Waals surface area contributed by atoms with Gasteiger partial charge in [-0.2, -0.15) is 11.3 Å². The fourth-order valence-corrected chi connectivity index (χ4v) is 3.58. The summed E-state index contributed by atoms with van der Waals surface area (Å²) in [6.45, 7) is 0.651. The summed E-state index contributed by atoms with van der Waals surface area (Å²) in [7, 11) is 0. The molecule has 2 rings (SSSR count). The molecule has 2 aromatic rings. The number of benzene rings is 1. The fraction of sp³-hybridized carbons (Fsp3) is 0.167. The molecular formula is C12H11Br2NOS. The van der Waals surface area contributed by atoms with Crippen LogP contribution in [-0.4, -0.2) is 6.61 Å². The first-order valence-corrected chi connectivity index (χ1v) is 7.58. The van der Waals surface area contributed by atoms with Gasteiger partial charge in [0.05, 0.1) is 15.6 Å². The van der Waals surface area contributed by atoms with Crippen LogP contribution in [0.25, 0.3) is 0 Å². The first-order chi connectivity index (χ1) is 8.16. The van der Waals surface area contributed by atoms with Gasteiger partial charge in [0, 0.05) is 12.1 Å². The largest absolute Gasteiger partial charge is 0.491 e. The predicted molar refractivity (Wildman–Crippen MR) is 79.8 cm³/mol. The second kappa shape index (κ2) is 5.89. The lowest BCUT2D eigenvalue weighted by Crippen LogP contribution is -2.02. The minimum Gasteiger partial charge on any atom is -0.491 e. The van der Waals surface area contributed by atoms with Gasteiger partial charge in [-0.15, -0.1) is 0 Å². The number of thiophene rings is 1. The maximum absolute atomic E-state index is 5.75. The summed E-state index contributed by atoms with van der Waals surface area (Å²) in [6, 6.07) is 5.79. The lowest BCUT2D eigenvalue weighted by atomic mass is 10.2. The Bertz CT molecular complexity index is 476. The van der Waals surface area contributed by atoms with Gasteiger partial charge in [0.15, 0.2) is 0 Å². The van der Waals surface area contributed by atoms with Gasteiger partial charge in [-0.25, -0.2) is 0 Å². The molecule has 0 bridgehead atoms. The Balaban J connectivity index is 1.99. The van der Waals surface area contributed by atoms with Crippen LogP contribution < -0.4 is 10.5 Å². The molecule has 0 radical (unpaired) electrons. The van der Waals surface area contributed by atoms with Crippen LogP contribution in [0.15, 0.2) is 37.9 Å². The molecule has 1 aromatic heterocycles. The quantitative estimate of drug-likeness (QED) is 0.798. The summed E-state index contributed by atoms with van der Waals surface area (Å²) >= 11 is 8.59. The van der Waals surface area contributed by atoms with Crippen LogP contribution in [0.5, 0.6) is 5.75 Å². The van der Waals surface area contributed by atoms with E-state index in [4.69, 9.17) is 10.5 Å². The van der Waals surface area contributed by atoms with Crippen LogP contribution in [0, 0.1) is 0 Å². The molecule has 0 aliphatic rings. The molecule has 2 nitrogen and oxygen atoms in total. The van der Waals surface area contributed by atoms with Crippen LogP contribution in [0.3, 0.4) is 0 Å². The van der Waals surface area contributed by atoms with Gasteiger partial charge in [-0.05, 0) is 66.4 Å². The van der Waals surface area contributed by atoms with E-state index in [-0.39, 0.29) is 0 Å². The van der Waals surface area contributed by atoms with Crippen molar-refractivity contribution in [3.8, 4) is 5.75 Å². The van der Waals surface area contributed by atoms with E-state index < -0.39 is 0 Å². The van der Waals surface area contributed by atoms with Crippen molar-refractivity contribution in [2.24, 2.45) is 0 Å². The highest BCUT2D eigenvalue weighted by atomic mass is 79.9. The number of nitrogens with two attached hydrogens (primary N) is 1. The zero-order chi connectivity index (χ0) is 12.3. The molecule has 90 valence electrons. The Morgan fingerprint density at radius 1 is 1.24 bits per heavy atom. The molecule has 0 amide bonds. The minimum absolute atomic E-state index is 0.651. The van der Waals surface area contributed by atoms with Gasteiger partial charge in [0.1, 0.15) is 5.75 Å². The maximum Gasteiger partial charge on any atom is 0.147 e. The molecule has 1 heterocycles. The van der Waals surface area contributed by atoms with E-state index in [0.29, 0.717) is 12.3 Å². The number of halogens is 2. The van der Waals surface area contributed by atoms with Crippen LogP contribution in [0.2, 0.25) is 0 Å². The summed E-state index contributed by atoms with van der Waals surface area (Å²) in [5.74, 6) is 0.800. The predicted octanol–water partition coefficient (Wildman–Crippen LogP) is 4.48. The Hall–Kier alpha value is -0.520. The van der Waals surface area contributed by atoms with Gasteiger partial charge >= 0.3 is 0 Å². The third-order valence-electron chi connectivity index (χ3n) is 2.24. The van der Waals surface area contributed by atoms with Crippen LogP contribution in [0.1, 0.15) is 5.56 Å². The summed E-state index contributed by atoms with van der Waals surface area (Å²) in [6.07, 6.45) is 0.909. The number of anilines is 1. The van der Waals surface area contributed by atoms with Crippen molar-refractivity contribution >= 4 is 48.9 Å². The number of rotatable bonds is 4. The molecule has 0 unspecified atom stereocenters. The van der Waals surface area contributed by atoms with Crippen molar-refractivity contribution in [1.29, 1.82) is 0 Å². The van der Waals surface area contributed by atoms with Crippen LogP contribution in [0.4, 0.5) is 5.69 Å². The highest BCUT2D eigenvalue weighted by Gasteiger charge is 2.07. The van der Waals surface area contributed by atoms with E-state index in [1.165, 1.54) is 5.56 Å². The van der Waals surface area contributed by atoms with Gasteiger partial charge in [0.2, 0.25) is 0 Å². The lowest BCUT2D eigenvalue weighted by Gasteiger charge is -2.10. The zero-order valence-corrected chi connectivity index (χ0v) is 12.9. The van der Waals surface area contributed by atoms with Crippen LogP contribution >= 0.6 is 43.2 Å². The topological polar surface area (TPSA) is 35.2 Å². The van der Waals surface area contributed by atoms with Crippen molar-refractivity contribution in [3.05, 3.63) is 43.5 Å². The van der Waals surface area contributed by atoms with E-state index in [2.05, 4.69) is 48.7 Å². The second-order valence-corrected chi connectivity index (χ2v) is 6.03. The van der Waals surface area contributed by atoms with E-state index in [1.807, 2.05) is 12.1 Å². The van der Waals surface area contributed by atoms with E-state index in [9.17, 15) is 0 Å². The molecule has 0 fully saturated rings. The summed E-state index contributed by atoms with van der Waals surface area (Å²) in [5, 5.41) is 4.21. The molecule has 1 aromatic carbocycles. The first kappa shape index (κ1) is 12.9. The monoisotopic (exact) mass is 375 g/mol. The average Bonchev–Trinajstić information content (AvgIpc) is 2.74. The highest BCUT2D eigenvalue weighted by Crippen LogP contribution is 2.35. The Labute approximate surface area is 121 Å². The minimum atomic E-state index is 0.651.